The Hall–Kier alpha value is -1.75. The second-order valence-electron chi connectivity index (χ2n) is 8.43. The topological polar surface area (TPSA) is 41.6 Å². The van der Waals surface area contributed by atoms with Gasteiger partial charge in [0.15, 0.2) is 0 Å². The van der Waals surface area contributed by atoms with Crippen LogP contribution in [-0.4, -0.2) is 37.6 Å². The maximum atomic E-state index is 11.5. The molecule has 2 aliphatic rings. The van der Waals surface area contributed by atoms with Gasteiger partial charge in [0.25, 0.3) is 0 Å². The predicted molar refractivity (Wildman–Crippen MR) is 123 cm³/mol. The number of carbonyl (C=O) groups excluding carboxylic acids is 1. The number of ether oxygens (including phenoxy) is 1. The van der Waals surface area contributed by atoms with E-state index in [1.807, 2.05) is 24.3 Å². The number of hydrogen-bond acceptors (Lipinski definition) is 3. The maximum absolute atomic E-state index is 11.5. The number of nitrogens with one attached hydrogen (secondary N) is 1. The van der Waals surface area contributed by atoms with Crippen LogP contribution >= 0.6 is 23.2 Å². The van der Waals surface area contributed by atoms with Crippen LogP contribution in [0.25, 0.3) is 0 Å². The lowest BCUT2D eigenvalue weighted by Crippen LogP contribution is -2.23. The minimum absolute atomic E-state index is 0.0817. The lowest BCUT2D eigenvalue weighted by molar-refractivity contribution is -0.116. The van der Waals surface area contributed by atoms with E-state index in [1.54, 1.807) is 0 Å². The summed E-state index contributed by atoms with van der Waals surface area (Å²) in [4.78, 5) is 13.9. The number of aryl methyl sites for hydroxylation is 1. The first kappa shape index (κ1) is 21.5. The third-order valence-electron chi connectivity index (χ3n) is 6.03. The molecule has 1 aliphatic heterocycles. The number of amides is 1. The molecule has 1 heterocycles. The molecule has 1 saturated carbocycles. The van der Waals surface area contributed by atoms with Crippen molar-refractivity contribution in [3.63, 3.8) is 0 Å². The second kappa shape index (κ2) is 9.59. The molecule has 2 atom stereocenters. The average molecular weight is 447 g/mol. The molecule has 1 aliphatic carbocycles. The average Bonchev–Trinajstić information content (AvgIpc) is 3.48. The molecule has 0 aromatic heterocycles. The van der Waals surface area contributed by atoms with E-state index in [1.165, 1.54) is 17.5 Å². The summed E-state index contributed by atoms with van der Waals surface area (Å²) in [6.07, 6.45) is 4.64. The summed E-state index contributed by atoms with van der Waals surface area (Å²) >= 11 is 12.5. The van der Waals surface area contributed by atoms with Crippen LogP contribution in [-0.2, 0) is 11.2 Å². The Labute approximate surface area is 188 Å². The van der Waals surface area contributed by atoms with E-state index < -0.39 is 0 Å². The highest BCUT2D eigenvalue weighted by atomic mass is 35.5. The van der Waals surface area contributed by atoms with Crippen molar-refractivity contribution in [3.8, 4) is 5.75 Å². The van der Waals surface area contributed by atoms with Gasteiger partial charge in [0.2, 0.25) is 5.91 Å². The Morgan fingerprint density at radius 3 is 2.90 bits per heavy atom. The molecule has 0 radical (unpaired) electrons. The number of benzene rings is 2. The summed E-state index contributed by atoms with van der Waals surface area (Å²) in [5.41, 5.74) is 3.26. The molecule has 6 heteroatoms. The van der Waals surface area contributed by atoms with Gasteiger partial charge in [0.1, 0.15) is 5.75 Å². The zero-order chi connectivity index (χ0) is 21.1. The SMILES string of the molecule is CN(CCCCOc1ccc2c(c1)NC(=O)CC2)CC1CC1c1cccc(Cl)c1Cl. The van der Waals surface area contributed by atoms with Gasteiger partial charge in [-0.1, -0.05) is 41.4 Å². The summed E-state index contributed by atoms with van der Waals surface area (Å²) in [6.45, 7) is 2.82. The predicted octanol–water partition coefficient (Wildman–Crippen LogP) is 5.77. The molecule has 4 nitrogen and oxygen atoms in total. The van der Waals surface area contributed by atoms with Crippen molar-refractivity contribution in [2.24, 2.45) is 5.92 Å². The summed E-state index contributed by atoms with van der Waals surface area (Å²) in [7, 11) is 2.18. The first-order valence-corrected chi connectivity index (χ1v) is 11.4. The van der Waals surface area contributed by atoms with E-state index in [-0.39, 0.29) is 5.91 Å². The first-order valence-electron chi connectivity index (χ1n) is 10.7. The van der Waals surface area contributed by atoms with Crippen LogP contribution in [0.1, 0.15) is 42.7 Å². The summed E-state index contributed by atoms with van der Waals surface area (Å²) in [6, 6.07) is 11.9. The quantitative estimate of drug-likeness (QED) is 0.496. The number of halogens is 2. The largest absolute Gasteiger partial charge is 0.494 e. The zero-order valence-electron chi connectivity index (χ0n) is 17.3. The summed E-state index contributed by atoms with van der Waals surface area (Å²) in [5, 5.41) is 4.29. The molecule has 30 heavy (non-hydrogen) atoms. The van der Waals surface area contributed by atoms with E-state index in [0.717, 1.165) is 43.8 Å². The fraction of sp³-hybridized carbons (Fsp3) is 0.458. The van der Waals surface area contributed by atoms with E-state index in [9.17, 15) is 4.79 Å². The van der Waals surface area contributed by atoms with Gasteiger partial charge in [-0.25, -0.2) is 0 Å². The van der Waals surface area contributed by atoms with Crippen molar-refractivity contribution >= 4 is 34.8 Å². The van der Waals surface area contributed by atoms with Crippen LogP contribution in [0.2, 0.25) is 10.0 Å². The van der Waals surface area contributed by atoms with Gasteiger partial charge in [-0.2, -0.15) is 0 Å². The standard InChI is InChI=1S/C24H28Cl2N2O2/c1-28(15-17-13-20(17)19-5-4-6-21(25)24(19)26)11-2-3-12-30-18-9-7-16-8-10-23(29)27-22(16)14-18/h4-7,9,14,17,20H,2-3,8,10-13,15H2,1H3,(H,27,29). The number of fused-ring (bicyclic) bond motifs is 1. The fourth-order valence-electron chi connectivity index (χ4n) is 4.24. The fourth-order valence-corrected chi connectivity index (χ4v) is 4.69. The molecule has 2 aromatic rings. The van der Waals surface area contributed by atoms with E-state index in [2.05, 4.69) is 29.4 Å². The van der Waals surface area contributed by atoms with Crippen LogP contribution in [0.5, 0.6) is 5.75 Å². The molecule has 0 spiro atoms. The molecule has 0 bridgehead atoms. The molecule has 2 unspecified atom stereocenters. The van der Waals surface area contributed by atoms with Gasteiger partial charge in [-0.3, -0.25) is 4.79 Å². The maximum Gasteiger partial charge on any atom is 0.224 e. The highest BCUT2D eigenvalue weighted by Crippen LogP contribution is 2.50. The van der Waals surface area contributed by atoms with Gasteiger partial charge in [-0.15, -0.1) is 0 Å². The van der Waals surface area contributed by atoms with Crippen molar-refractivity contribution < 1.29 is 9.53 Å². The summed E-state index contributed by atoms with van der Waals surface area (Å²) in [5.74, 6) is 2.10. The van der Waals surface area contributed by atoms with Gasteiger partial charge >= 0.3 is 0 Å². The molecule has 1 fully saturated rings. The number of nitrogens with zero attached hydrogens (tertiary/aromatic N) is 1. The monoisotopic (exact) mass is 446 g/mol. The van der Waals surface area contributed by atoms with Crippen LogP contribution in [0.15, 0.2) is 36.4 Å². The third kappa shape index (κ3) is 5.29. The first-order chi connectivity index (χ1) is 14.5. The van der Waals surface area contributed by atoms with Gasteiger partial charge in [0.05, 0.1) is 16.7 Å². The Balaban J connectivity index is 1.14. The molecular formula is C24H28Cl2N2O2. The third-order valence-corrected chi connectivity index (χ3v) is 6.86. The minimum atomic E-state index is 0.0817. The van der Waals surface area contributed by atoms with E-state index in [4.69, 9.17) is 27.9 Å². The lowest BCUT2D eigenvalue weighted by atomic mass is 10.0. The van der Waals surface area contributed by atoms with Gasteiger partial charge in [0, 0.05) is 24.7 Å². The Morgan fingerprint density at radius 1 is 1.17 bits per heavy atom. The van der Waals surface area contributed by atoms with Crippen molar-refractivity contribution in [2.45, 2.75) is 38.0 Å². The smallest absolute Gasteiger partial charge is 0.224 e. The Morgan fingerprint density at radius 2 is 2.03 bits per heavy atom. The number of hydrogen-bond donors (Lipinski definition) is 1. The molecule has 160 valence electrons. The van der Waals surface area contributed by atoms with Crippen molar-refractivity contribution in [1.29, 1.82) is 0 Å². The Bertz CT molecular complexity index is 918. The molecular weight excluding hydrogens is 419 g/mol. The molecule has 1 amide bonds. The highest BCUT2D eigenvalue weighted by Gasteiger charge is 2.40. The van der Waals surface area contributed by atoms with Crippen LogP contribution in [0, 0.1) is 5.92 Å². The number of unbranched alkanes of at least 4 members (excludes halogenated alkanes) is 1. The van der Waals surface area contributed by atoms with E-state index >= 15 is 0 Å². The number of rotatable bonds is 9. The highest BCUT2D eigenvalue weighted by molar-refractivity contribution is 6.42. The van der Waals surface area contributed by atoms with Crippen molar-refractivity contribution in [1.82, 2.24) is 4.90 Å². The normalized spacial score (nSPS) is 20.1. The molecule has 4 rings (SSSR count). The number of anilines is 1. The molecule has 2 aromatic carbocycles. The second-order valence-corrected chi connectivity index (χ2v) is 9.22. The van der Waals surface area contributed by atoms with E-state index in [0.29, 0.717) is 34.9 Å². The van der Waals surface area contributed by atoms with Gasteiger partial charge in [-0.05, 0) is 74.4 Å². The summed E-state index contributed by atoms with van der Waals surface area (Å²) < 4.78 is 5.88. The van der Waals surface area contributed by atoms with Crippen LogP contribution in [0.4, 0.5) is 5.69 Å². The van der Waals surface area contributed by atoms with Crippen molar-refractivity contribution in [3.05, 3.63) is 57.6 Å². The van der Waals surface area contributed by atoms with Crippen molar-refractivity contribution in [2.75, 3.05) is 32.1 Å². The van der Waals surface area contributed by atoms with Crippen LogP contribution < -0.4 is 10.1 Å². The minimum Gasteiger partial charge on any atom is -0.494 e. The Kier molecular flexibility index (Phi) is 6.87. The molecule has 0 saturated heterocycles. The molecule has 1 N–H and O–H groups in total. The number of carbonyl (C=O) groups is 1. The van der Waals surface area contributed by atoms with Crippen LogP contribution in [0.3, 0.4) is 0 Å². The zero-order valence-corrected chi connectivity index (χ0v) is 18.8. The van der Waals surface area contributed by atoms with Gasteiger partial charge < -0.3 is 15.0 Å². The lowest BCUT2D eigenvalue weighted by Gasteiger charge is -2.18.